The van der Waals surface area contributed by atoms with Gasteiger partial charge in [-0.3, -0.25) is 0 Å². The second-order valence-corrected chi connectivity index (χ2v) is 4.53. The van der Waals surface area contributed by atoms with Gasteiger partial charge < -0.3 is 5.32 Å². The number of nitrogens with one attached hydrogen (secondary N) is 1. The van der Waals surface area contributed by atoms with Crippen LogP contribution in [0.5, 0.6) is 0 Å². The molecule has 0 fully saturated rings. The minimum Gasteiger partial charge on any atom is -0.369 e. The van der Waals surface area contributed by atoms with Crippen LogP contribution in [-0.2, 0) is 6.18 Å². The molecule has 0 unspecified atom stereocenters. The zero-order valence-electron chi connectivity index (χ0n) is 9.09. The summed E-state index contributed by atoms with van der Waals surface area (Å²) in [6, 6.07) is 0.817. The van der Waals surface area contributed by atoms with Gasteiger partial charge in [-0.1, -0.05) is 5.92 Å². The normalized spacial score (nSPS) is 11.1. The highest BCUT2D eigenvalue weighted by Gasteiger charge is 2.33. The average molecular weight is 296 g/mol. The van der Waals surface area contributed by atoms with Crippen molar-refractivity contribution in [2.45, 2.75) is 6.18 Å². The summed E-state index contributed by atoms with van der Waals surface area (Å²) in [6.45, 7) is 0.441. The van der Waals surface area contributed by atoms with Crippen molar-refractivity contribution in [3.8, 4) is 12.3 Å². The second-order valence-electron chi connectivity index (χ2n) is 3.09. The highest BCUT2D eigenvalue weighted by Crippen LogP contribution is 2.29. The maximum atomic E-state index is 12.4. The van der Waals surface area contributed by atoms with E-state index in [1.165, 1.54) is 11.8 Å². The number of halogens is 4. The predicted octanol–water partition coefficient (Wildman–Crippen LogP) is 2.93. The van der Waals surface area contributed by atoms with Crippen LogP contribution in [0.3, 0.4) is 0 Å². The van der Waals surface area contributed by atoms with Gasteiger partial charge in [-0.25, -0.2) is 9.97 Å². The summed E-state index contributed by atoms with van der Waals surface area (Å²) in [5.41, 5.74) is -1.07. The van der Waals surface area contributed by atoms with Crippen LogP contribution < -0.4 is 5.32 Å². The molecule has 0 amide bonds. The number of anilines is 1. The Bertz CT molecular complexity index is 445. The van der Waals surface area contributed by atoms with Crippen molar-refractivity contribution in [1.29, 1.82) is 0 Å². The number of hydrogen-bond acceptors (Lipinski definition) is 4. The van der Waals surface area contributed by atoms with Crippen molar-refractivity contribution in [3.63, 3.8) is 0 Å². The maximum absolute atomic E-state index is 12.4. The third-order valence-corrected chi connectivity index (χ3v) is 2.76. The lowest BCUT2D eigenvalue weighted by Gasteiger charge is -2.09. The molecule has 0 aliphatic rings. The molecule has 0 spiro atoms. The van der Waals surface area contributed by atoms with E-state index in [2.05, 4.69) is 21.2 Å². The Kier molecular flexibility index (Phi) is 5.56. The first-order chi connectivity index (χ1) is 8.43. The Morgan fingerprint density at radius 2 is 2.17 bits per heavy atom. The van der Waals surface area contributed by atoms with Crippen LogP contribution in [0.4, 0.5) is 19.0 Å². The van der Waals surface area contributed by atoms with Gasteiger partial charge in [0.2, 0.25) is 5.28 Å². The van der Waals surface area contributed by atoms with Gasteiger partial charge in [-0.2, -0.15) is 13.2 Å². The fourth-order valence-electron chi connectivity index (χ4n) is 1.04. The highest BCUT2D eigenvalue weighted by atomic mass is 35.5. The van der Waals surface area contributed by atoms with Crippen LogP contribution in [0.2, 0.25) is 5.28 Å². The van der Waals surface area contributed by atoms with Gasteiger partial charge in [0.15, 0.2) is 5.69 Å². The van der Waals surface area contributed by atoms with Gasteiger partial charge in [0.25, 0.3) is 0 Å². The first-order valence-corrected chi connectivity index (χ1v) is 6.33. The Morgan fingerprint density at radius 3 is 2.78 bits per heavy atom. The van der Waals surface area contributed by atoms with E-state index in [4.69, 9.17) is 18.0 Å². The Labute approximate surface area is 112 Å². The molecule has 18 heavy (non-hydrogen) atoms. The first-order valence-electron chi connectivity index (χ1n) is 4.80. The molecule has 1 heterocycles. The van der Waals surface area contributed by atoms with E-state index in [0.717, 1.165) is 6.07 Å². The number of alkyl halides is 3. The SMILES string of the molecule is C#CCSCCNc1cc(C(F)(F)F)nc(Cl)n1. The number of terminal acetylenes is 1. The largest absolute Gasteiger partial charge is 0.433 e. The Hall–Kier alpha value is -1.13. The van der Waals surface area contributed by atoms with Crippen LogP contribution in [0.25, 0.3) is 0 Å². The van der Waals surface area contributed by atoms with Crippen LogP contribution in [-0.4, -0.2) is 28.0 Å². The van der Waals surface area contributed by atoms with Crippen molar-refractivity contribution in [1.82, 2.24) is 9.97 Å². The fourth-order valence-corrected chi connectivity index (χ4v) is 1.73. The minimum atomic E-state index is -4.54. The molecule has 98 valence electrons. The third-order valence-electron chi connectivity index (χ3n) is 1.73. The van der Waals surface area contributed by atoms with E-state index in [1.54, 1.807) is 0 Å². The molecular formula is C10H9ClF3N3S. The standard InChI is InChI=1S/C10H9ClF3N3S/c1-2-4-18-5-3-15-8-6-7(10(12,13)14)16-9(11)17-8/h1,6H,3-5H2,(H,15,16,17). The molecule has 1 aromatic heterocycles. The summed E-state index contributed by atoms with van der Waals surface area (Å²) in [6.07, 6.45) is 0.515. The van der Waals surface area contributed by atoms with Crippen LogP contribution >= 0.6 is 23.4 Å². The molecule has 0 saturated carbocycles. The lowest BCUT2D eigenvalue weighted by Crippen LogP contribution is -2.12. The molecule has 1 N–H and O–H groups in total. The lowest BCUT2D eigenvalue weighted by molar-refractivity contribution is -0.141. The number of aromatic nitrogens is 2. The molecule has 0 aliphatic heterocycles. The smallest absolute Gasteiger partial charge is 0.369 e. The number of nitrogens with zero attached hydrogens (tertiary/aromatic N) is 2. The van der Waals surface area contributed by atoms with E-state index < -0.39 is 17.2 Å². The minimum absolute atomic E-state index is 0.0450. The molecule has 0 aromatic carbocycles. The van der Waals surface area contributed by atoms with Gasteiger partial charge >= 0.3 is 6.18 Å². The van der Waals surface area contributed by atoms with Crippen molar-refractivity contribution in [3.05, 3.63) is 17.0 Å². The van der Waals surface area contributed by atoms with Crippen LogP contribution in [0, 0.1) is 12.3 Å². The van der Waals surface area contributed by atoms with Gasteiger partial charge in [-0.05, 0) is 11.6 Å². The van der Waals surface area contributed by atoms with Gasteiger partial charge in [0, 0.05) is 18.4 Å². The summed E-state index contributed by atoms with van der Waals surface area (Å²) in [5, 5.41) is 2.29. The predicted molar refractivity (Wildman–Crippen MR) is 66.7 cm³/mol. The van der Waals surface area contributed by atoms with E-state index in [9.17, 15) is 13.2 Å². The van der Waals surface area contributed by atoms with Crippen molar-refractivity contribution in [2.75, 3.05) is 23.4 Å². The molecule has 0 saturated heterocycles. The topological polar surface area (TPSA) is 37.8 Å². The zero-order chi connectivity index (χ0) is 13.6. The number of hydrogen-bond donors (Lipinski definition) is 1. The molecule has 0 bridgehead atoms. The molecule has 0 radical (unpaired) electrons. The summed E-state index contributed by atoms with van der Waals surface area (Å²) in [4.78, 5) is 6.78. The average Bonchev–Trinajstić information content (AvgIpc) is 2.27. The van der Waals surface area contributed by atoms with Gasteiger partial charge in [0.1, 0.15) is 5.82 Å². The van der Waals surface area contributed by atoms with Crippen LogP contribution in [0.15, 0.2) is 6.07 Å². The molecule has 3 nitrogen and oxygen atoms in total. The van der Waals surface area contributed by atoms with Gasteiger partial charge in [0.05, 0.1) is 5.75 Å². The van der Waals surface area contributed by atoms with Crippen molar-refractivity contribution < 1.29 is 13.2 Å². The molecule has 0 aliphatic carbocycles. The van der Waals surface area contributed by atoms with E-state index in [0.29, 0.717) is 18.1 Å². The summed E-state index contributed by atoms with van der Waals surface area (Å²) < 4.78 is 37.3. The van der Waals surface area contributed by atoms with E-state index in [1.807, 2.05) is 0 Å². The molecule has 0 atom stereocenters. The zero-order valence-corrected chi connectivity index (χ0v) is 10.7. The fraction of sp³-hybridized carbons (Fsp3) is 0.400. The number of thioether (sulfide) groups is 1. The van der Waals surface area contributed by atoms with E-state index in [-0.39, 0.29) is 5.82 Å². The Morgan fingerprint density at radius 1 is 1.44 bits per heavy atom. The molecular weight excluding hydrogens is 287 g/mol. The van der Waals surface area contributed by atoms with E-state index >= 15 is 0 Å². The Balaban J connectivity index is 2.61. The van der Waals surface area contributed by atoms with Crippen molar-refractivity contribution >= 4 is 29.2 Å². The monoisotopic (exact) mass is 295 g/mol. The second kappa shape index (κ2) is 6.71. The summed E-state index contributed by atoms with van der Waals surface area (Å²) in [5.74, 6) is 3.70. The summed E-state index contributed by atoms with van der Waals surface area (Å²) in [7, 11) is 0. The third kappa shape index (κ3) is 5.02. The highest BCUT2D eigenvalue weighted by molar-refractivity contribution is 7.99. The maximum Gasteiger partial charge on any atom is 0.433 e. The lowest BCUT2D eigenvalue weighted by atomic mass is 10.4. The van der Waals surface area contributed by atoms with Gasteiger partial charge in [-0.15, -0.1) is 18.2 Å². The van der Waals surface area contributed by atoms with Crippen molar-refractivity contribution in [2.24, 2.45) is 0 Å². The molecule has 1 rings (SSSR count). The molecule has 1 aromatic rings. The van der Waals surface area contributed by atoms with Crippen LogP contribution in [0.1, 0.15) is 5.69 Å². The quantitative estimate of drug-likeness (QED) is 0.515. The summed E-state index contributed by atoms with van der Waals surface area (Å²) >= 11 is 6.91. The number of rotatable bonds is 5. The first kappa shape index (κ1) is 14.9. The molecule has 8 heteroatoms.